The predicted molar refractivity (Wildman–Crippen MR) is 351 cm³/mol. The highest BCUT2D eigenvalue weighted by atomic mass is 31.2. The molecule has 0 saturated carbocycles. The van der Waals surface area contributed by atoms with Gasteiger partial charge < -0.3 is 27.9 Å². The number of phosphoric ester groups is 1. The fourth-order valence-corrected chi connectivity index (χ4v) is 10.1. The van der Waals surface area contributed by atoms with Crippen LogP contribution in [0.15, 0.2) is 97.2 Å². The summed E-state index contributed by atoms with van der Waals surface area (Å²) in [6.45, 7) is 4.13. The second-order valence-corrected chi connectivity index (χ2v) is 25.2. The van der Waals surface area contributed by atoms with Gasteiger partial charge in [0.05, 0.1) is 27.7 Å². The van der Waals surface area contributed by atoms with E-state index in [-0.39, 0.29) is 32.0 Å². The summed E-state index contributed by atoms with van der Waals surface area (Å²) < 4.78 is 34.3. The minimum absolute atomic E-state index is 0.0343. The second kappa shape index (κ2) is 62.5. The van der Waals surface area contributed by atoms with E-state index in [2.05, 4.69) is 111 Å². The fraction of sp³-hybridized carbons (Fsp3) is 0.750. The first kappa shape index (κ1) is 78.9. The minimum Gasteiger partial charge on any atom is -0.756 e. The Bertz CT molecular complexity index is 1710. The Morgan fingerprint density at radius 3 is 1.04 bits per heavy atom. The molecule has 0 heterocycles. The van der Waals surface area contributed by atoms with Gasteiger partial charge in [-0.25, -0.2) is 0 Å². The van der Waals surface area contributed by atoms with Crippen LogP contribution in [0.3, 0.4) is 0 Å². The molecule has 10 heteroatoms. The smallest absolute Gasteiger partial charge is 0.306 e. The minimum atomic E-state index is -4.65. The molecule has 0 fully saturated rings. The molecule has 82 heavy (non-hydrogen) atoms. The zero-order valence-electron chi connectivity index (χ0n) is 53.9. The average Bonchev–Trinajstić information content (AvgIpc) is 3.45. The molecule has 0 radical (unpaired) electrons. The molecule has 0 amide bonds. The second-order valence-electron chi connectivity index (χ2n) is 23.8. The number of hydrogen-bond donors (Lipinski definition) is 0. The Hall–Kier alpha value is -3.07. The lowest BCUT2D eigenvalue weighted by molar-refractivity contribution is -0.870. The van der Waals surface area contributed by atoms with Gasteiger partial charge in [-0.1, -0.05) is 284 Å². The summed E-state index contributed by atoms with van der Waals surface area (Å²) in [7, 11) is 1.16. The number of quaternary nitrogens is 1. The number of ether oxygens (including phenoxy) is 2. The van der Waals surface area contributed by atoms with Crippen molar-refractivity contribution in [1.29, 1.82) is 0 Å². The Labute approximate surface area is 506 Å². The van der Waals surface area contributed by atoms with E-state index in [1.165, 1.54) is 167 Å². The lowest BCUT2D eigenvalue weighted by atomic mass is 10.0. The SMILES string of the molecule is CC/C=C\C/C=C\C/C=C\C/C=C\C/C=C\CCCCCCCCCCCCCCCCCCCCCC(=O)OC(COC(=O)CCCCCCCCCC/C=C\C/C=C\C/C=C\CCCCCCC)COP(=O)([O-])OCC[N+](C)(C)C. The lowest BCUT2D eigenvalue weighted by Gasteiger charge is -2.28. The van der Waals surface area contributed by atoms with Gasteiger partial charge in [0.25, 0.3) is 7.82 Å². The van der Waals surface area contributed by atoms with Crippen LogP contribution in [0.25, 0.3) is 0 Å². The van der Waals surface area contributed by atoms with Crippen LogP contribution in [0.4, 0.5) is 0 Å². The van der Waals surface area contributed by atoms with Gasteiger partial charge in [0, 0.05) is 12.8 Å². The number of hydrogen-bond acceptors (Lipinski definition) is 8. The quantitative estimate of drug-likeness (QED) is 0.0195. The molecule has 2 unspecified atom stereocenters. The Morgan fingerprint density at radius 2 is 0.695 bits per heavy atom. The van der Waals surface area contributed by atoms with Crippen LogP contribution < -0.4 is 4.89 Å². The van der Waals surface area contributed by atoms with Crippen LogP contribution >= 0.6 is 7.82 Å². The summed E-state index contributed by atoms with van der Waals surface area (Å²) in [4.78, 5) is 38.0. The topological polar surface area (TPSA) is 111 Å². The summed E-state index contributed by atoms with van der Waals surface area (Å²) >= 11 is 0. The highest BCUT2D eigenvalue weighted by molar-refractivity contribution is 7.45. The standard InChI is InChI=1S/C72H128NO8P/c1-6-8-10-12-14-16-18-20-22-24-26-28-30-31-32-33-34-35-36-37-38-39-40-41-43-45-47-49-51-53-55-57-59-61-63-65-72(75)81-70(69-80-82(76,77)79-67-66-73(3,4)5)68-78-71(74)64-62-60-58-56-54-52-50-48-46-44-42-29-27-25-23-21-19-17-15-13-11-9-7-2/h8,10,14,16,19-22,25-28,31-32,42,44,70H,6-7,9,11-13,15,17-18,23-24,29-30,33-41,43,45-69H2,1-5H3/b10-8-,16-14-,21-19-,22-20-,27-25-,28-26-,32-31-,44-42-. The number of carbonyl (C=O) groups excluding carboxylic acids is 2. The Kier molecular flexibility index (Phi) is 60.1. The third-order valence-corrected chi connectivity index (χ3v) is 15.6. The first-order valence-corrected chi connectivity index (χ1v) is 35.4. The van der Waals surface area contributed by atoms with Crippen molar-refractivity contribution in [2.45, 2.75) is 302 Å². The average molecular weight is 1170 g/mol. The van der Waals surface area contributed by atoms with Gasteiger partial charge >= 0.3 is 11.9 Å². The number of esters is 2. The van der Waals surface area contributed by atoms with Gasteiger partial charge in [0.2, 0.25) is 0 Å². The number of allylic oxidation sites excluding steroid dienone is 16. The maximum absolute atomic E-state index is 12.9. The van der Waals surface area contributed by atoms with Crippen LogP contribution in [0.5, 0.6) is 0 Å². The van der Waals surface area contributed by atoms with Crippen molar-refractivity contribution in [3.05, 3.63) is 97.2 Å². The van der Waals surface area contributed by atoms with Crippen LogP contribution in [-0.4, -0.2) is 70.0 Å². The summed E-state index contributed by atoms with van der Waals surface area (Å²) in [6, 6.07) is 0. The maximum atomic E-state index is 12.9. The van der Waals surface area contributed by atoms with Gasteiger partial charge in [-0.2, -0.15) is 0 Å². The summed E-state index contributed by atoms with van der Waals surface area (Å²) in [6.07, 6.45) is 86.2. The highest BCUT2D eigenvalue weighted by Gasteiger charge is 2.22. The molecule has 9 nitrogen and oxygen atoms in total. The molecule has 474 valence electrons. The number of rotatable bonds is 62. The Morgan fingerprint density at radius 1 is 0.390 bits per heavy atom. The number of likely N-dealkylation sites (N-methyl/N-ethyl adjacent to an activating group) is 1. The number of phosphoric acid groups is 1. The van der Waals surface area contributed by atoms with E-state index in [9.17, 15) is 19.0 Å². The number of unbranched alkanes of at least 4 members (excludes halogenated alkanes) is 32. The van der Waals surface area contributed by atoms with Crippen molar-refractivity contribution in [2.24, 2.45) is 0 Å². The van der Waals surface area contributed by atoms with Gasteiger partial charge in [0.1, 0.15) is 19.8 Å². The number of nitrogens with zero attached hydrogens (tertiary/aromatic N) is 1. The zero-order valence-corrected chi connectivity index (χ0v) is 54.8. The van der Waals surface area contributed by atoms with E-state index in [0.29, 0.717) is 17.4 Å². The van der Waals surface area contributed by atoms with Crippen LogP contribution in [0, 0.1) is 0 Å². The molecular weight excluding hydrogens is 1040 g/mol. The van der Waals surface area contributed by atoms with Crippen LogP contribution in [0.2, 0.25) is 0 Å². The predicted octanol–water partition coefficient (Wildman–Crippen LogP) is 21.3. The fourth-order valence-electron chi connectivity index (χ4n) is 9.40. The van der Waals surface area contributed by atoms with E-state index in [1.54, 1.807) is 0 Å². The summed E-state index contributed by atoms with van der Waals surface area (Å²) in [5, 5.41) is 0. The number of carbonyl (C=O) groups is 2. The molecule has 0 aromatic heterocycles. The van der Waals surface area contributed by atoms with Crippen molar-refractivity contribution in [2.75, 3.05) is 47.5 Å². The molecule has 0 aliphatic rings. The monoisotopic (exact) mass is 1170 g/mol. The molecule has 0 rings (SSSR count). The molecule has 2 atom stereocenters. The third-order valence-electron chi connectivity index (χ3n) is 14.6. The summed E-state index contributed by atoms with van der Waals surface area (Å²) in [5.74, 6) is -0.834. The molecule has 0 spiro atoms. The molecule has 0 aliphatic heterocycles. The first-order chi connectivity index (χ1) is 40.0. The van der Waals surface area contributed by atoms with Gasteiger partial charge in [-0.05, 0) is 96.3 Å². The van der Waals surface area contributed by atoms with Crippen molar-refractivity contribution >= 4 is 19.8 Å². The highest BCUT2D eigenvalue weighted by Crippen LogP contribution is 2.38. The molecule has 0 aromatic rings. The van der Waals surface area contributed by atoms with Crippen molar-refractivity contribution < 1.29 is 42.1 Å². The zero-order chi connectivity index (χ0) is 59.8. The molecule has 0 aromatic carbocycles. The lowest BCUT2D eigenvalue weighted by Crippen LogP contribution is -2.37. The molecular formula is C72H128NO8P. The summed E-state index contributed by atoms with van der Waals surface area (Å²) in [5.41, 5.74) is 0. The molecule has 0 bridgehead atoms. The third kappa shape index (κ3) is 66.1. The van der Waals surface area contributed by atoms with Crippen molar-refractivity contribution in [3.8, 4) is 0 Å². The first-order valence-electron chi connectivity index (χ1n) is 33.9. The maximum Gasteiger partial charge on any atom is 0.306 e. The van der Waals surface area contributed by atoms with Crippen LogP contribution in [-0.2, 0) is 32.7 Å². The van der Waals surface area contributed by atoms with Crippen molar-refractivity contribution in [1.82, 2.24) is 0 Å². The Balaban J connectivity index is 4.04. The molecule has 0 saturated heterocycles. The normalized spacial score (nSPS) is 13.8. The van der Waals surface area contributed by atoms with Gasteiger partial charge in [-0.3, -0.25) is 14.2 Å². The van der Waals surface area contributed by atoms with E-state index < -0.39 is 26.5 Å². The molecule has 0 N–H and O–H groups in total. The van der Waals surface area contributed by atoms with E-state index in [4.69, 9.17) is 18.5 Å². The molecule has 0 aliphatic carbocycles. The van der Waals surface area contributed by atoms with Crippen molar-refractivity contribution in [3.63, 3.8) is 0 Å². The van der Waals surface area contributed by atoms with E-state index in [0.717, 1.165) is 96.3 Å². The van der Waals surface area contributed by atoms with Gasteiger partial charge in [-0.15, -0.1) is 0 Å². The van der Waals surface area contributed by atoms with E-state index in [1.807, 2.05) is 21.1 Å². The van der Waals surface area contributed by atoms with E-state index >= 15 is 0 Å². The van der Waals surface area contributed by atoms with Crippen LogP contribution in [0.1, 0.15) is 296 Å². The van der Waals surface area contributed by atoms with Gasteiger partial charge in [0.15, 0.2) is 6.10 Å². The largest absolute Gasteiger partial charge is 0.756 e.